The van der Waals surface area contributed by atoms with E-state index in [0.717, 1.165) is 6.07 Å². The molecular weight excluding hydrogens is 342 g/mol. The fraction of sp³-hybridized carbons (Fsp3) is 0.111. The Morgan fingerprint density at radius 3 is 2.62 bits per heavy atom. The summed E-state index contributed by atoms with van der Waals surface area (Å²) in [5, 5.41) is 2.54. The summed E-state index contributed by atoms with van der Waals surface area (Å²) in [6, 6.07) is 3.60. The molecule has 0 aliphatic carbocycles. The zero-order valence-corrected chi connectivity index (χ0v) is 13.7. The first-order chi connectivity index (χ1) is 12.5. The number of anilines is 1. The maximum Gasteiger partial charge on any atom is 0.272 e. The van der Waals surface area contributed by atoms with Gasteiger partial charge in [-0.3, -0.25) is 9.59 Å². The Labute approximate surface area is 147 Å². The van der Waals surface area contributed by atoms with Gasteiger partial charge in [-0.05, 0) is 24.1 Å². The minimum atomic E-state index is -0.946. The van der Waals surface area contributed by atoms with Crippen LogP contribution in [0.1, 0.15) is 38.9 Å². The number of aryl methyl sites for hydroxylation is 1. The van der Waals surface area contributed by atoms with E-state index in [4.69, 9.17) is 0 Å². The van der Waals surface area contributed by atoms with Gasteiger partial charge in [0.15, 0.2) is 5.78 Å². The first-order valence-electron chi connectivity index (χ1n) is 7.77. The maximum atomic E-state index is 14.4. The molecule has 2 heterocycles. The summed E-state index contributed by atoms with van der Waals surface area (Å²) in [5.74, 6) is -3.21. The maximum absolute atomic E-state index is 14.4. The van der Waals surface area contributed by atoms with Crippen LogP contribution in [-0.2, 0) is 6.42 Å². The summed E-state index contributed by atoms with van der Waals surface area (Å²) in [4.78, 5) is 34.8. The number of halogens is 2. The second-order valence-corrected chi connectivity index (χ2v) is 5.46. The number of hydrogen-bond donors (Lipinski definition) is 2. The normalized spacial score (nSPS) is 10.6. The van der Waals surface area contributed by atoms with Gasteiger partial charge in [0.25, 0.3) is 5.91 Å². The van der Waals surface area contributed by atoms with Gasteiger partial charge < -0.3 is 10.3 Å². The van der Waals surface area contributed by atoms with Gasteiger partial charge in [0, 0.05) is 11.8 Å². The number of carbonyl (C=O) groups is 2. The van der Waals surface area contributed by atoms with Crippen LogP contribution in [0.3, 0.4) is 0 Å². The van der Waals surface area contributed by atoms with Crippen molar-refractivity contribution in [2.75, 3.05) is 5.32 Å². The summed E-state index contributed by atoms with van der Waals surface area (Å²) in [5.41, 5.74) is 0.0157. The lowest BCUT2D eigenvalue weighted by atomic mass is 10.0. The van der Waals surface area contributed by atoms with Crippen LogP contribution in [-0.4, -0.2) is 26.6 Å². The van der Waals surface area contributed by atoms with Gasteiger partial charge in [0.05, 0.1) is 23.6 Å². The minimum Gasteiger partial charge on any atom is -0.356 e. The van der Waals surface area contributed by atoms with Crippen LogP contribution in [0.4, 0.5) is 14.5 Å². The molecule has 0 bridgehead atoms. The minimum absolute atomic E-state index is 0.0227. The average molecular weight is 356 g/mol. The molecule has 6 nitrogen and oxygen atoms in total. The third kappa shape index (κ3) is 3.34. The van der Waals surface area contributed by atoms with Crippen LogP contribution < -0.4 is 5.32 Å². The average Bonchev–Trinajstić information content (AvgIpc) is 3.13. The number of H-pyrrole nitrogens is 1. The second-order valence-electron chi connectivity index (χ2n) is 5.46. The molecule has 0 aliphatic heterocycles. The molecular formula is C18H14F2N4O2. The smallest absolute Gasteiger partial charge is 0.272 e. The van der Waals surface area contributed by atoms with Gasteiger partial charge in [0.1, 0.15) is 23.7 Å². The van der Waals surface area contributed by atoms with Crippen LogP contribution >= 0.6 is 0 Å². The van der Waals surface area contributed by atoms with Crippen LogP contribution in [0.25, 0.3) is 0 Å². The number of carbonyl (C=O) groups excluding carboxylic acids is 2. The number of nitrogens with one attached hydrogen (secondary N) is 2. The molecule has 3 rings (SSSR count). The topological polar surface area (TPSA) is 87.7 Å². The predicted octanol–water partition coefficient (Wildman–Crippen LogP) is 3.13. The number of amides is 1. The fourth-order valence-electron chi connectivity index (χ4n) is 2.44. The third-order valence-electron chi connectivity index (χ3n) is 3.79. The number of rotatable bonds is 5. The zero-order valence-electron chi connectivity index (χ0n) is 13.7. The number of ketones is 1. The summed E-state index contributed by atoms with van der Waals surface area (Å²) in [7, 11) is 0. The van der Waals surface area contributed by atoms with Crippen LogP contribution in [0, 0.1) is 11.6 Å². The number of aromatic nitrogens is 3. The van der Waals surface area contributed by atoms with Gasteiger partial charge >= 0.3 is 0 Å². The molecule has 0 saturated heterocycles. The van der Waals surface area contributed by atoms with Crippen molar-refractivity contribution in [2.45, 2.75) is 13.3 Å². The van der Waals surface area contributed by atoms with Crippen LogP contribution in [0.15, 0.2) is 43.1 Å². The summed E-state index contributed by atoms with van der Waals surface area (Å²) in [6.07, 6.45) is 5.68. The summed E-state index contributed by atoms with van der Waals surface area (Å²) in [6.45, 7) is 1.70. The lowest BCUT2D eigenvalue weighted by molar-refractivity contribution is 0.102. The molecule has 0 fully saturated rings. The Kier molecular flexibility index (Phi) is 4.83. The Morgan fingerprint density at radius 1 is 1.19 bits per heavy atom. The Hall–Kier alpha value is -3.42. The monoisotopic (exact) mass is 356 g/mol. The van der Waals surface area contributed by atoms with Crippen molar-refractivity contribution < 1.29 is 18.4 Å². The second kappa shape index (κ2) is 7.22. The molecule has 8 heteroatoms. The molecule has 26 heavy (non-hydrogen) atoms. The lowest BCUT2D eigenvalue weighted by Crippen LogP contribution is -2.12. The van der Waals surface area contributed by atoms with E-state index in [0.29, 0.717) is 12.1 Å². The first kappa shape index (κ1) is 17.4. The number of nitrogens with zero attached hydrogens (tertiary/aromatic N) is 2. The van der Waals surface area contributed by atoms with E-state index >= 15 is 0 Å². The predicted molar refractivity (Wildman–Crippen MR) is 89.9 cm³/mol. The van der Waals surface area contributed by atoms with Crippen molar-refractivity contribution >= 4 is 17.4 Å². The first-order valence-corrected chi connectivity index (χ1v) is 7.77. The molecule has 0 atom stereocenters. The lowest BCUT2D eigenvalue weighted by Gasteiger charge is -2.06. The van der Waals surface area contributed by atoms with Crippen molar-refractivity contribution in [3.8, 4) is 0 Å². The molecule has 0 aliphatic rings. The molecule has 0 spiro atoms. The van der Waals surface area contributed by atoms with E-state index in [9.17, 15) is 18.4 Å². The van der Waals surface area contributed by atoms with Gasteiger partial charge in [-0.15, -0.1) is 0 Å². The van der Waals surface area contributed by atoms with Crippen molar-refractivity contribution in [1.29, 1.82) is 0 Å². The number of aromatic amines is 1. The van der Waals surface area contributed by atoms with Crippen LogP contribution in [0.2, 0.25) is 0 Å². The highest BCUT2D eigenvalue weighted by Crippen LogP contribution is 2.21. The SMILES string of the molecule is CCc1ccc(F)c(C(=O)c2c[nH]c(C(=O)Nc3cncnc3)c2)c1F. The van der Waals surface area contributed by atoms with E-state index in [1.807, 2.05) is 0 Å². The van der Waals surface area contributed by atoms with Crippen molar-refractivity contribution in [3.63, 3.8) is 0 Å². The van der Waals surface area contributed by atoms with Crippen molar-refractivity contribution in [1.82, 2.24) is 15.0 Å². The molecule has 2 aromatic heterocycles. The molecule has 1 amide bonds. The van der Waals surface area contributed by atoms with Crippen molar-refractivity contribution in [3.05, 3.63) is 77.1 Å². The molecule has 2 N–H and O–H groups in total. The molecule has 0 saturated carbocycles. The molecule has 1 aromatic carbocycles. The molecule has 0 radical (unpaired) electrons. The van der Waals surface area contributed by atoms with Gasteiger partial charge in [0.2, 0.25) is 0 Å². The molecule has 3 aromatic rings. The molecule has 0 unspecified atom stereocenters. The molecule has 132 valence electrons. The summed E-state index contributed by atoms with van der Waals surface area (Å²) >= 11 is 0. The third-order valence-corrected chi connectivity index (χ3v) is 3.79. The fourth-order valence-corrected chi connectivity index (χ4v) is 2.44. The largest absolute Gasteiger partial charge is 0.356 e. The highest BCUT2D eigenvalue weighted by molar-refractivity contribution is 6.11. The Bertz CT molecular complexity index is 971. The van der Waals surface area contributed by atoms with E-state index in [1.54, 1.807) is 6.92 Å². The quantitative estimate of drug-likeness (QED) is 0.688. The number of hydrogen-bond acceptors (Lipinski definition) is 4. The Morgan fingerprint density at radius 2 is 1.92 bits per heavy atom. The van der Waals surface area contributed by atoms with E-state index in [-0.39, 0.29) is 16.8 Å². The highest BCUT2D eigenvalue weighted by Gasteiger charge is 2.23. The zero-order chi connectivity index (χ0) is 18.7. The van der Waals surface area contributed by atoms with Crippen LogP contribution in [0.5, 0.6) is 0 Å². The number of benzene rings is 1. The van der Waals surface area contributed by atoms with E-state index in [1.165, 1.54) is 37.1 Å². The Balaban J connectivity index is 1.86. The van der Waals surface area contributed by atoms with Gasteiger partial charge in [-0.2, -0.15) is 0 Å². The van der Waals surface area contributed by atoms with E-state index in [2.05, 4.69) is 20.3 Å². The van der Waals surface area contributed by atoms with E-state index < -0.39 is 28.9 Å². The summed E-state index contributed by atoms with van der Waals surface area (Å²) < 4.78 is 28.4. The highest BCUT2D eigenvalue weighted by atomic mass is 19.1. The standard InChI is InChI=1S/C18H14F2N4O2/c1-2-10-3-4-13(19)15(16(10)20)17(25)11-5-14(23-6-11)18(26)24-12-7-21-9-22-8-12/h3-9,23H,2H2,1H3,(H,24,26). The van der Waals surface area contributed by atoms with Gasteiger partial charge in [-0.1, -0.05) is 13.0 Å². The van der Waals surface area contributed by atoms with Gasteiger partial charge in [-0.25, -0.2) is 18.7 Å². The van der Waals surface area contributed by atoms with Crippen molar-refractivity contribution in [2.24, 2.45) is 0 Å².